The summed E-state index contributed by atoms with van der Waals surface area (Å²) < 4.78 is 5.12. The van der Waals surface area contributed by atoms with Crippen molar-refractivity contribution in [1.29, 1.82) is 0 Å². The van der Waals surface area contributed by atoms with E-state index in [0.29, 0.717) is 5.76 Å². The minimum absolute atomic E-state index is 0.0806. The summed E-state index contributed by atoms with van der Waals surface area (Å²) in [7, 11) is 0. The first kappa shape index (κ1) is 13.1. The molecule has 0 aliphatic carbocycles. The first-order valence-electron chi connectivity index (χ1n) is 6.29. The Bertz CT molecular complexity index is 719. The van der Waals surface area contributed by atoms with Gasteiger partial charge < -0.3 is 9.52 Å². The van der Waals surface area contributed by atoms with Gasteiger partial charge in [0.25, 0.3) is 5.91 Å². The van der Waals surface area contributed by atoms with Crippen LogP contribution >= 0.6 is 0 Å². The number of furan rings is 1. The molecule has 1 unspecified atom stereocenters. The maximum atomic E-state index is 12.4. The van der Waals surface area contributed by atoms with Gasteiger partial charge in [0.1, 0.15) is 5.76 Å². The molecule has 1 aromatic carbocycles. The van der Waals surface area contributed by atoms with Gasteiger partial charge in [0.05, 0.1) is 12.8 Å². The number of rotatable bonds is 3. The van der Waals surface area contributed by atoms with Crippen molar-refractivity contribution in [3.63, 3.8) is 0 Å². The van der Waals surface area contributed by atoms with E-state index >= 15 is 0 Å². The highest BCUT2D eigenvalue weighted by atomic mass is 16.4. The lowest BCUT2D eigenvalue weighted by molar-refractivity contribution is -0.146. The molecule has 2 aromatic rings. The summed E-state index contributed by atoms with van der Waals surface area (Å²) in [6, 6.07) is 9.52. The first-order chi connectivity index (χ1) is 10.1. The smallest absolute Gasteiger partial charge is 0.320 e. The lowest BCUT2D eigenvalue weighted by atomic mass is 9.88. The van der Waals surface area contributed by atoms with Crippen LogP contribution in [-0.2, 0) is 16.1 Å². The van der Waals surface area contributed by atoms with Crippen molar-refractivity contribution >= 4 is 17.8 Å². The molecule has 2 amide bonds. The van der Waals surface area contributed by atoms with Crippen LogP contribution in [0.5, 0.6) is 0 Å². The zero-order chi connectivity index (χ0) is 15.0. The number of carbonyl (C=O) groups is 3. The van der Waals surface area contributed by atoms with E-state index in [1.54, 1.807) is 24.3 Å². The number of fused-ring (bicyclic) bond motifs is 1. The zero-order valence-electron chi connectivity index (χ0n) is 10.9. The van der Waals surface area contributed by atoms with Crippen LogP contribution in [0, 0.1) is 0 Å². The normalized spacial score (nSPS) is 17.7. The number of nitrogens with zero attached hydrogens (tertiary/aromatic N) is 1. The average molecular weight is 285 g/mol. The lowest BCUT2D eigenvalue weighted by Crippen LogP contribution is -2.46. The largest absolute Gasteiger partial charge is 0.480 e. The van der Waals surface area contributed by atoms with Crippen LogP contribution in [0.2, 0.25) is 0 Å². The quantitative estimate of drug-likeness (QED) is 0.684. The fourth-order valence-corrected chi connectivity index (χ4v) is 2.42. The number of hydrogen-bond acceptors (Lipinski definition) is 4. The summed E-state index contributed by atoms with van der Waals surface area (Å²) in [4.78, 5) is 37.1. The third-order valence-corrected chi connectivity index (χ3v) is 3.40. The van der Waals surface area contributed by atoms with Crippen LogP contribution in [0.15, 0.2) is 47.1 Å². The third kappa shape index (κ3) is 2.10. The Hall–Kier alpha value is -2.89. The molecule has 1 atom stereocenters. The Morgan fingerprint density at radius 3 is 2.62 bits per heavy atom. The highest BCUT2D eigenvalue weighted by Gasteiger charge is 2.42. The number of amides is 2. The summed E-state index contributed by atoms with van der Waals surface area (Å²) in [5.41, 5.74) is 0.465. The minimum atomic E-state index is -1.37. The van der Waals surface area contributed by atoms with E-state index in [0.717, 1.165) is 4.90 Å². The molecular weight excluding hydrogens is 274 g/mol. The van der Waals surface area contributed by atoms with E-state index in [-0.39, 0.29) is 17.7 Å². The van der Waals surface area contributed by atoms with Gasteiger partial charge in [0.2, 0.25) is 5.91 Å². The first-order valence-corrected chi connectivity index (χ1v) is 6.29. The summed E-state index contributed by atoms with van der Waals surface area (Å²) in [5.74, 6) is -3.48. The third-order valence-electron chi connectivity index (χ3n) is 3.40. The van der Waals surface area contributed by atoms with Crippen LogP contribution in [-0.4, -0.2) is 27.8 Å². The second-order valence-electron chi connectivity index (χ2n) is 4.67. The molecule has 0 saturated heterocycles. The van der Waals surface area contributed by atoms with E-state index in [1.807, 2.05) is 0 Å². The van der Waals surface area contributed by atoms with Crippen LogP contribution in [0.1, 0.15) is 27.6 Å². The van der Waals surface area contributed by atoms with E-state index in [9.17, 15) is 19.5 Å². The SMILES string of the molecule is O=C(O)C1C(=O)N(Cc2ccco2)C(=O)c2ccccc21. The molecule has 0 spiro atoms. The molecule has 21 heavy (non-hydrogen) atoms. The fourth-order valence-electron chi connectivity index (χ4n) is 2.42. The van der Waals surface area contributed by atoms with Crippen molar-refractivity contribution < 1.29 is 23.9 Å². The summed E-state index contributed by atoms with van der Waals surface area (Å²) in [6.07, 6.45) is 1.43. The molecule has 0 bridgehead atoms. The Morgan fingerprint density at radius 2 is 1.95 bits per heavy atom. The molecule has 6 nitrogen and oxygen atoms in total. The van der Waals surface area contributed by atoms with Crippen LogP contribution < -0.4 is 0 Å². The topological polar surface area (TPSA) is 87.8 Å². The summed E-state index contributed by atoms with van der Waals surface area (Å²) in [5, 5.41) is 9.30. The number of carboxylic acid groups (broad SMARTS) is 1. The van der Waals surface area contributed by atoms with Gasteiger partial charge in [-0.1, -0.05) is 18.2 Å². The second kappa shape index (κ2) is 4.90. The molecule has 1 aliphatic rings. The number of benzene rings is 1. The van der Waals surface area contributed by atoms with Gasteiger partial charge in [-0.25, -0.2) is 0 Å². The Labute approximate surface area is 119 Å². The van der Waals surface area contributed by atoms with Crippen LogP contribution in [0.4, 0.5) is 0 Å². The molecular formula is C15H11NO5. The number of imide groups is 1. The molecule has 0 fully saturated rings. The number of carbonyl (C=O) groups excluding carboxylic acids is 2. The zero-order valence-corrected chi connectivity index (χ0v) is 10.9. The number of carboxylic acids is 1. The average Bonchev–Trinajstić information content (AvgIpc) is 2.96. The van der Waals surface area contributed by atoms with Crippen molar-refractivity contribution in [2.24, 2.45) is 0 Å². The lowest BCUT2D eigenvalue weighted by Gasteiger charge is -2.29. The van der Waals surface area contributed by atoms with Crippen molar-refractivity contribution in [1.82, 2.24) is 4.90 Å². The Balaban J connectivity index is 2.06. The molecule has 0 saturated carbocycles. The molecule has 106 valence electrons. The molecule has 3 rings (SSSR count). The molecule has 0 radical (unpaired) electrons. The van der Waals surface area contributed by atoms with E-state index in [1.165, 1.54) is 18.4 Å². The predicted octanol–water partition coefficient (Wildman–Crippen LogP) is 1.63. The van der Waals surface area contributed by atoms with Crippen molar-refractivity contribution in [3.8, 4) is 0 Å². The molecule has 2 heterocycles. The molecule has 6 heteroatoms. The van der Waals surface area contributed by atoms with Crippen molar-refractivity contribution in [2.75, 3.05) is 0 Å². The van der Waals surface area contributed by atoms with Crippen LogP contribution in [0.3, 0.4) is 0 Å². The van der Waals surface area contributed by atoms with Gasteiger partial charge >= 0.3 is 5.97 Å². The van der Waals surface area contributed by atoms with Gasteiger partial charge in [-0.05, 0) is 23.8 Å². The molecule has 1 N–H and O–H groups in total. The van der Waals surface area contributed by atoms with E-state index in [4.69, 9.17) is 4.42 Å². The highest BCUT2D eigenvalue weighted by Crippen LogP contribution is 2.30. The molecule has 1 aliphatic heterocycles. The van der Waals surface area contributed by atoms with E-state index in [2.05, 4.69) is 0 Å². The van der Waals surface area contributed by atoms with Crippen molar-refractivity contribution in [2.45, 2.75) is 12.5 Å². The minimum Gasteiger partial charge on any atom is -0.480 e. The molecule has 1 aromatic heterocycles. The Morgan fingerprint density at radius 1 is 1.19 bits per heavy atom. The van der Waals surface area contributed by atoms with E-state index < -0.39 is 23.7 Å². The fraction of sp³-hybridized carbons (Fsp3) is 0.133. The monoisotopic (exact) mass is 285 g/mol. The highest BCUT2D eigenvalue weighted by molar-refractivity contribution is 6.17. The van der Waals surface area contributed by atoms with Gasteiger partial charge in [0.15, 0.2) is 5.92 Å². The van der Waals surface area contributed by atoms with Gasteiger partial charge in [-0.2, -0.15) is 0 Å². The number of hydrogen-bond donors (Lipinski definition) is 1. The van der Waals surface area contributed by atoms with Gasteiger partial charge in [-0.3, -0.25) is 19.3 Å². The second-order valence-corrected chi connectivity index (χ2v) is 4.67. The number of aliphatic carboxylic acids is 1. The predicted molar refractivity (Wildman–Crippen MR) is 70.4 cm³/mol. The maximum absolute atomic E-state index is 12.4. The summed E-state index contributed by atoms with van der Waals surface area (Å²) in [6.45, 7) is -0.0806. The van der Waals surface area contributed by atoms with Gasteiger partial charge in [0, 0.05) is 5.56 Å². The van der Waals surface area contributed by atoms with Crippen molar-refractivity contribution in [3.05, 3.63) is 59.5 Å². The maximum Gasteiger partial charge on any atom is 0.320 e. The Kier molecular flexibility index (Phi) is 3.06. The van der Waals surface area contributed by atoms with Gasteiger partial charge in [-0.15, -0.1) is 0 Å². The van der Waals surface area contributed by atoms with Crippen LogP contribution in [0.25, 0.3) is 0 Å². The summed E-state index contributed by atoms with van der Waals surface area (Å²) >= 11 is 0. The standard InChI is InChI=1S/C15H11NO5/c17-13-11-6-2-1-5-10(11)12(15(19)20)14(18)16(13)8-9-4-3-7-21-9/h1-7,12H,8H2,(H,19,20).